The molecule has 0 unspecified atom stereocenters. The van der Waals surface area contributed by atoms with Crippen LogP contribution in [0.15, 0.2) is 54.0 Å². The molecule has 0 radical (unpaired) electrons. The summed E-state index contributed by atoms with van der Waals surface area (Å²) in [5, 5.41) is 14.2. The Morgan fingerprint density at radius 2 is 1.97 bits per heavy atom. The molecule has 0 aliphatic carbocycles. The standard InChI is InChI=1S/C28H30FN7O2S/c1-18-15-35(11-12-36(18)28-30-9-13-39-28)25(37)17-34-10-8-20(16-34)27(38)31-22-6-7-24-23(14-22)26(33-32-24)19-2-4-21(29)5-3-19/h2-7,9,13-14,18,20H,8,10-12,15-17H2,1H3,(H,31,38)(H,32,33)/t18-,20+/m0/s1. The van der Waals surface area contributed by atoms with Crippen LogP contribution in [-0.2, 0) is 9.59 Å². The van der Waals surface area contributed by atoms with Gasteiger partial charge in [0.1, 0.15) is 5.82 Å². The Morgan fingerprint density at radius 1 is 1.13 bits per heavy atom. The molecule has 2 atom stereocenters. The van der Waals surface area contributed by atoms with Crippen LogP contribution in [0.2, 0.25) is 0 Å². The number of fused-ring (bicyclic) bond motifs is 1. The third kappa shape index (κ3) is 5.37. The quantitative estimate of drug-likeness (QED) is 0.381. The molecule has 2 fully saturated rings. The minimum Gasteiger partial charge on any atom is -0.342 e. The van der Waals surface area contributed by atoms with E-state index in [4.69, 9.17) is 0 Å². The number of benzene rings is 2. The summed E-state index contributed by atoms with van der Waals surface area (Å²) in [4.78, 5) is 36.8. The zero-order valence-electron chi connectivity index (χ0n) is 21.6. The van der Waals surface area contributed by atoms with Crippen molar-refractivity contribution in [3.8, 4) is 11.3 Å². The van der Waals surface area contributed by atoms with Crippen molar-refractivity contribution in [2.24, 2.45) is 5.92 Å². The number of nitrogens with zero attached hydrogens (tertiary/aromatic N) is 5. The summed E-state index contributed by atoms with van der Waals surface area (Å²) < 4.78 is 13.4. The first-order chi connectivity index (χ1) is 18.9. The van der Waals surface area contributed by atoms with E-state index >= 15 is 0 Å². The normalized spacial score (nSPS) is 20.1. The number of hydrogen-bond donors (Lipinski definition) is 2. The number of hydrogen-bond acceptors (Lipinski definition) is 7. The van der Waals surface area contributed by atoms with Crippen LogP contribution in [0, 0.1) is 11.7 Å². The fourth-order valence-corrected chi connectivity index (χ4v) is 6.24. The third-order valence-corrected chi connectivity index (χ3v) is 8.40. The van der Waals surface area contributed by atoms with Gasteiger partial charge in [0, 0.05) is 60.4 Å². The second-order valence-electron chi connectivity index (χ2n) is 10.2. The first kappa shape index (κ1) is 25.4. The molecule has 2 saturated heterocycles. The molecule has 2 aromatic carbocycles. The van der Waals surface area contributed by atoms with Gasteiger partial charge in [-0.05, 0) is 62.4 Å². The summed E-state index contributed by atoms with van der Waals surface area (Å²) in [6, 6.07) is 12.0. The van der Waals surface area contributed by atoms with Gasteiger partial charge < -0.3 is 15.1 Å². The van der Waals surface area contributed by atoms with Gasteiger partial charge in [0.15, 0.2) is 5.13 Å². The molecule has 4 aromatic rings. The highest BCUT2D eigenvalue weighted by atomic mass is 32.1. The monoisotopic (exact) mass is 547 g/mol. The third-order valence-electron chi connectivity index (χ3n) is 7.60. The van der Waals surface area contributed by atoms with Gasteiger partial charge in [-0.3, -0.25) is 19.6 Å². The first-order valence-corrected chi connectivity index (χ1v) is 14.0. The zero-order chi connectivity index (χ0) is 26.9. The van der Waals surface area contributed by atoms with Crippen LogP contribution < -0.4 is 10.2 Å². The van der Waals surface area contributed by atoms with Gasteiger partial charge in [-0.15, -0.1) is 11.3 Å². The number of thiazole rings is 1. The van der Waals surface area contributed by atoms with Crippen LogP contribution >= 0.6 is 11.3 Å². The van der Waals surface area contributed by atoms with E-state index in [-0.39, 0.29) is 29.6 Å². The summed E-state index contributed by atoms with van der Waals surface area (Å²) in [5.74, 6) is -0.431. The molecule has 11 heteroatoms. The molecule has 0 saturated carbocycles. The molecular formula is C28H30FN7O2S. The highest BCUT2D eigenvalue weighted by Crippen LogP contribution is 2.29. The lowest BCUT2D eigenvalue weighted by molar-refractivity contribution is -0.133. The SMILES string of the molecule is C[C@H]1CN(C(=O)CN2CC[C@@H](C(=O)Nc3ccc4[nH]nc(-c5ccc(F)cc5)c4c3)C2)CCN1c1nccs1. The van der Waals surface area contributed by atoms with Crippen molar-refractivity contribution < 1.29 is 14.0 Å². The second-order valence-corrected chi connectivity index (χ2v) is 11.1. The van der Waals surface area contributed by atoms with E-state index in [0.29, 0.717) is 50.5 Å². The maximum atomic E-state index is 13.4. The molecule has 9 nitrogen and oxygen atoms in total. The van der Waals surface area contributed by atoms with Crippen LogP contribution in [0.1, 0.15) is 13.3 Å². The molecule has 0 bridgehead atoms. The molecule has 0 spiro atoms. The van der Waals surface area contributed by atoms with E-state index < -0.39 is 0 Å². The number of rotatable bonds is 6. The summed E-state index contributed by atoms with van der Waals surface area (Å²) in [6.07, 6.45) is 2.52. The highest BCUT2D eigenvalue weighted by Gasteiger charge is 2.32. The van der Waals surface area contributed by atoms with Crippen LogP contribution in [0.3, 0.4) is 0 Å². The van der Waals surface area contributed by atoms with E-state index in [2.05, 4.69) is 37.2 Å². The summed E-state index contributed by atoms with van der Waals surface area (Å²) in [5.41, 5.74) is 3.01. The number of carbonyl (C=O) groups excluding carboxylic acids is 2. The van der Waals surface area contributed by atoms with Gasteiger partial charge in [0.05, 0.1) is 23.7 Å². The number of anilines is 2. The molecule has 2 aromatic heterocycles. The van der Waals surface area contributed by atoms with Gasteiger partial charge in [-0.2, -0.15) is 5.10 Å². The van der Waals surface area contributed by atoms with Crippen molar-refractivity contribution >= 4 is 44.9 Å². The lowest BCUT2D eigenvalue weighted by atomic mass is 10.1. The predicted octanol–water partition coefficient (Wildman–Crippen LogP) is 3.82. The Morgan fingerprint density at radius 3 is 2.74 bits per heavy atom. The smallest absolute Gasteiger partial charge is 0.236 e. The number of aromatic amines is 1. The molecule has 2 N–H and O–H groups in total. The fourth-order valence-electron chi connectivity index (χ4n) is 5.47. The Bertz CT molecular complexity index is 1470. The van der Waals surface area contributed by atoms with E-state index in [1.165, 1.54) is 12.1 Å². The lowest BCUT2D eigenvalue weighted by Crippen LogP contribution is -2.55. The average Bonchev–Trinajstić information content (AvgIpc) is 3.70. The van der Waals surface area contributed by atoms with Crippen LogP contribution in [0.25, 0.3) is 22.2 Å². The summed E-state index contributed by atoms with van der Waals surface area (Å²) in [6.45, 7) is 5.85. The maximum absolute atomic E-state index is 13.4. The number of piperazine rings is 1. The molecular weight excluding hydrogens is 517 g/mol. The van der Waals surface area contributed by atoms with E-state index in [1.54, 1.807) is 23.5 Å². The largest absolute Gasteiger partial charge is 0.342 e. The van der Waals surface area contributed by atoms with Gasteiger partial charge in [-0.25, -0.2) is 9.37 Å². The molecule has 4 heterocycles. The first-order valence-electron chi connectivity index (χ1n) is 13.2. The average molecular weight is 548 g/mol. The number of carbonyl (C=O) groups is 2. The summed E-state index contributed by atoms with van der Waals surface area (Å²) in [7, 11) is 0. The zero-order valence-corrected chi connectivity index (χ0v) is 22.5. The van der Waals surface area contributed by atoms with Crippen molar-refractivity contribution in [1.29, 1.82) is 0 Å². The topological polar surface area (TPSA) is 97.5 Å². The van der Waals surface area contributed by atoms with E-state index in [9.17, 15) is 14.0 Å². The number of amides is 2. The molecule has 6 rings (SSSR count). The Balaban J connectivity index is 1.04. The number of H-pyrrole nitrogens is 1. The maximum Gasteiger partial charge on any atom is 0.236 e. The minimum atomic E-state index is -0.303. The molecule has 202 valence electrons. The minimum absolute atomic E-state index is 0.0539. The predicted molar refractivity (Wildman–Crippen MR) is 150 cm³/mol. The second kappa shape index (κ2) is 10.7. The molecule has 2 aliphatic heterocycles. The Hall–Kier alpha value is -3.83. The van der Waals surface area contributed by atoms with Gasteiger partial charge in [-0.1, -0.05) is 0 Å². The Labute approximate surface area is 229 Å². The van der Waals surface area contributed by atoms with Crippen LogP contribution in [-0.4, -0.2) is 82.1 Å². The van der Waals surface area contributed by atoms with Crippen LogP contribution in [0.5, 0.6) is 0 Å². The molecule has 2 amide bonds. The van der Waals surface area contributed by atoms with Gasteiger partial charge >= 0.3 is 0 Å². The number of likely N-dealkylation sites (tertiary alicyclic amines) is 1. The summed E-state index contributed by atoms with van der Waals surface area (Å²) >= 11 is 1.62. The molecule has 2 aliphatic rings. The highest BCUT2D eigenvalue weighted by molar-refractivity contribution is 7.13. The van der Waals surface area contributed by atoms with Crippen molar-refractivity contribution in [2.45, 2.75) is 19.4 Å². The Kier molecular flexibility index (Phi) is 7.01. The van der Waals surface area contributed by atoms with Crippen molar-refractivity contribution in [2.75, 3.05) is 49.5 Å². The molecule has 39 heavy (non-hydrogen) atoms. The van der Waals surface area contributed by atoms with E-state index in [0.717, 1.165) is 28.1 Å². The number of aromatic nitrogens is 3. The fraction of sp³-hybridized carbons (Fsp3) is 0.357. The lowest BCUT2D eigenvalue weighted by Gasteiger charge is -2.40. The van der Waals surface area contributed by atoms with Crippen molar-refractivity contribution in [3.05, 3.63) is 59.9 Å². The van der Waals surface area contributed by atoms with Crippen molar-refractivity contribution in [3.63, 3.8) is 0 Å². The van der Waals surface area contributed by atoms with Crippen molar-refractivity contribution in [1.82, 2.24) is 25.0 Å². The van der Waals surface area contributed by atoms with Gasteiger partial charge in [0.2, 0.25) is 11.8 Å². The van der Waals surface area contributed by atoms with Crippen LogP contribution in [0.4, 0.5) is 15.2 Å². The van der Waals surface area contributed by atoms with Gasteiger partial charge in [0.25, 0.3) is 0 Å². The number of halogens is 1. The number of nitrogens with one attached hydrogen (secondary N) is 2. The van der Waals surface area contributed by atoms with E-state index in [1.807, 2.05) is 34.7 Å².